The lowest BCUT2D eigenvalue weighted by Crippen LogP contribution is -2.89. The van der Waals surface area contributed by atoms with Crippen molar-refractivity contribution in [2.24, 2.45) is 11.7 Å². The number of quaternary nitrogens is 3. The number of phenols is 3. The SMILES string of the molecule is C[NH2+][C@H](CC(C)C)C(=O)NC1C(=O)N[C@@H](CC(N)=O)C(=O)NC2C(=O)N[C@H]3C(=O)NC(C(=O)NC(C(=O)[O-])c4cc(O)cc(O)c4-c4cc3ccc4O)[C@H](O[C@H]3C[C@](C)([NH3+])[C@@H](O)[C@H](C)O3)c3ccc(c(Cl)c3)Oc3cc2cc(c3O[C@@H]2O[C@H](CO)[C@@H](O)[C@H](O)[C@H]2O[C@H]2C[C@](C)([NH3+])[C@@H](O)[C@H](C)O2)Oc2ccc(cc2Cl)[C@H]1O. The summed E-state index contributed by atoms with van der Waals surface area (Å²) in [6, 6.07) is -0.341. The maximum atomic E-state index is 16.4. The zero-order chi connectivity index (χ0) is 80.9. The van der Waals surface area contributed by atoms with Gasteiger partial charge in [-0.15, -0.1) is 0 Å². The standard InChI is InChI=1S/C73H88Cl2N10O26/c1-26(2)14-38(79-7)64(96)84-54-56(91)30-9-12-42(36(74)16-30)106-44-18-32-19-45(60(44)111-71-61(58(93)57(92)46(25-86)108-71)110-49-24-73(6,78)63(95)28(4)105-49)107-43-13-10-31(17-37(43)75)59(109-48-23-72(5,77)62(94)27(3)104-48)55-69(101)83-53(70(102)103)35-20-33(87)21-41(89)50(35)34-15-29(8-11-40(34)88)51(66(98)85-55)82-67(99)52(32)81-65(97)39(22-47(76)90)80-68(54)100/h8-13,15-21,26-28,38-39,46,48-49,51-59,61-63,71,79,86-89,91-95H,14,22-25,77-78H2,1-7H3,(H2,76,90)(H,80,100)(H,81,97)(H,82,99)(H,83,101)(H,84,96)(H,85,98)(H,102,103)/p+2/t27-,28-,38+,39-,46+,48-,49-,51+,52?,53?,54?,55?,56+,57+,58-,59+,61+,62-,63-,71-,72-,73-/m0/s1. The summed E-state index contributed by atoms with van der Waals surface area (Å²) in [4.78, 5) is 120. The van der Waals surface area contributed by atoms with E-state index in [-0.39, 0.29) is 58.4 Å². The molecule has 0 spiro atoms. The highest BCUT2D eigenvalue weighted by Crippen LogP contribution is 2.50. The molecule has 3 saturated heterocycles. The van der Waals surface area contributed by atoms with Crippen LogP contribution in [0.5, 0.6) is 46.0 Å². The Hall–Kier alpha value is -9.32. The molecule has 8 aliphatic rings. The number of benzene rings is 5. The summed E-state index contributed by atoms with van der Waals surface area (Å²) in [5.41, 5.74) is 8.86. The normalized spacial score (nSPS) is 32.1. The van der Waals surface area contributed by atoms with Crippen molar-refractivity contribution in [1.82, 2.24) is 31.9 Å². The fourth-order valence-corrected chi connectivity index (χ4v) is 14.9. The molecule has 22 atom stereocenters. The maximum absolute atomic E-state index is 16.4. The first-order valence-electron chi connectivity index (χ1n) is 35.5. The number of halogens is 2. The van der Waals surface area contributed by atoms with Crippen molar-refractivity contribution in [3.63, 3.8) is 0 Å². The minimum atomic E-state index is -2.39. The molecule has 7 amide bonds. The predicted octanol–water partition coefficient (Wildman–Crippen LogP) is -3.45. The van der Waals surface area contributed by atoms with Crippen LogP contribution < -0.4 is 73.7 Å². The summed E-state index contributed by atoms with van der Waals surface area (Å²) in [5, 5.41) is 133. The molecule has 25 N–H and O–H groups in total. The van der Waals surface area contributed by atoms with Crippen molar-refractivity contribution >= 4 is 70.5 Å². The van der Waals surface area contributed by atoms with Crippen LogP contribution in [0.15, 0.2) is 78.9 Å². The molecule has 111 heavy (non-hydrogen) atoms. The number of phenolic OH excluding ortho intramolecular Hbond substituents is 3. The summed E-state index contributed by atoms with van der Waals surface area (Å²) >= 11 is 14.5. The van der Waals surface area contributed by atoms with E-state index in [9.17, 15) is 70.2 Å². The minimum Gasteiger partial charge on any atom is -0.548 e. The van der Waals surface area contributed by atoms with Gasteiger partial charge in [-0.05, 0) is 116 Å². The molecule has 0 aliphatic carbocycles. The number of ether oxygens (including phenoxy) is 8. The van der Waals surface area contributed by atoms with Gasteiger partial charge in [-0.1, -0.05) is 55.2 Å². The summed E-state index contributed by atoms with van der Waals surface area (Å²) < 4.78 is 51.9. The Morgan fingerprint density at radius 3 is 1.82 bits per heavy atom. The van der Waals surface area contributed by atoms with E-state index >= 15 is 19.2 Å². The van der Waals surface area contributed by atoms with Gasteiger partial charge in [0.1, 0.15) is 113 Å². The summed E-state index contributed by atoms with van der Waals surface area (Å²) in [7, 11) is 1.60. The van der Waals surface area contributed by atoms with E-state index in [2.05, 4.69) is 43.4 Å². The van der Waals surface area contributed by atoms with Crippen LogP contribution in [0, 0.1) is 5.92 Å². The number of aliphatic carboxylic acids is 1. The number of hydrogen-bond acceptors (Lipinski definition) is 26. The maximum Gasteiger partial charge on any atom is 0.278 e. The highest BCUT2D eigenvalue weighted by Gasteiger charge is 2.53. The Balaban J connectivity index is 1.19. The molecular formula is C73H90Cl2N10O26+2. The van der Waals surface area contributed by atoms with Crippen molar-refractivity contribution in [3.8, 4) is 57.1 Å². The van der Waals surface area contributed by atoms with Crippen molar-refractivity contribution in [1.29, 1.82) is 0 Å². The van der Waals surface area contributed by atoms with Gasteiger partial charge in [0, 0.05) is 23.6 Å². The molecular weight excluding hydrogens is 1500 g/mol. The van der Waals surface area contributed by atoms with Gasteiger partial charge in [0.15, 0.2) is 36.2 Å². The number of nitrogens with two attached hydrogens (primary N) is 2. The zero-order valence-electron chi connectivity index (χ0n) is 61.0. The van der Waals surface area contributed by atoms with E-state index in [1.807, 2.05) is 13.8 Å². The van der Waals surface area contributed by atoms with Gasteiger partial charge in [-0.2, -0.15) is 0 Å². The molecule has 0 radical (unpaired) electrons. The van der Waals surface area contributed by atoms with Crippen molar-refractivity contribution in [2.45, 2.75) is 201 Å². The molecule has 8 aliphatic heterocycles. The number of fused-ring (bicyclic) bond motifs is 15. The predicted molar refractivity (Wildman–Crippen MR) is 379 cm³/mol. The lowest BCUT2D eigenvalue weighted by Gasteiger charge is -2.45. The van der Waals surface area contributed by atoms with Crippen LogP contribution in [0.3, 0.4) is 0 Å². The van der Waals surface area contributed by atoms with Crippen LogP contribution in [0.1, 0.15) is 125 Å². The number of amides is 7. The quantitative estimate of drug-likeness (QED) is 0.0485. The second kappa shape index (κ2) is 33.2. The number of nitrogens with one attached hydrogen (secondary N) is 6. The van der Waals surface area contributed by atoms with Crippen LogP contribution in [0.4, 0.5) is 0 Å². The second-order valence-electron chi connectivity index (χ2n) is 29.6. The van der Waals surface area contributed by atoms with Gasteiger partial charge in [0.2, 0.25) is 47.5 Å². The molecule has 11 bridgehead atoms. The number of aromatic hydroxyl groups is 3. The van der Waals surface area contributed by atoms with Crippen LogP contribution in [-0.2, 0) is 62.0 Å². The highest BCUT2D eigenvalue weighted by molar-refractivity contribution is 6.32. The number of primary amides is 1. The van der Waals surface area contributed by atoms with Gasteiger partial charge < -0.3 is 148 Å². The number of carboxylic acid groups (broad SMARTS) is 1. The van der Waals surface area contributed by atoms with Crippen LogP contribution in [-0.4, -0.2) is 210 Å². The number of hydrogen-bond donors (Lipinski definition) is 19. The van der Waals surface area contributed by atoms with Crippen molar-refractivity contribution in [3.05, 3.63) is 117 Å². The van der Waals surface area contributed by atoms with E-state index < -0.39 is 255 Å². The lowest BCUT2D eigenvalue weighted by atomic mass is 9.86. The molecule has 36 nitrogen and oxygen atoms in total. The molecule has 600 valence electrons. The van der Waals surface area contributed by atoms with Gasteiger partial charge >= 0.3 is 0 Å². The molecule has 0 saturated carbocycles. The number of carbonyl (C=O) groups excluding carboxylic acids is 8. The Morgan fingerprint density at radius 1 is 0.685 bits per heavy atom. The fourth-order valence-electron chi connectivity index (χ4n) is 14.4. The van der Waals surface area contributed by atoms with Crippen molar-refractivity contribution < 1.29 is 144 Å². The number of carbonyl (C=O) groups is 8. The molecule has 0 aromatic heterocycles. The minimum absolute atomic E-state index is 0.0772. The number of likely N-dealkylation sites (N-methyl/N-ethyl adjacent to an activating group) is 1. The average Bonchev–Trinajstić information content (AvgIpc) is 0.763. The molecule has 5 aromatic carbocycles. The van der Waals surface area contributed by atoms with Gasteiger partial charge in [-0.3, -0.25) is 33.6 Å². The van der Waals surface area contributed by atoms with Crippen LogP contribution in [0.2, 0.25) is 10.0 Å². The van der Waals surface area contributed by atoms with Gasteiger partial charge in [0.05, 0.1) is 67.2 Å². The second-order valence-corrected chi connectivity index (χ2v) is 30.4. The number of carboxylic acids is 1. The molecule has 4 unspecified atom stereocenters. The summed E-state index contributed by atoms with van der Waals surface area (Å²) in [6.07, 6.45) is -21.9. The number of aliphatic hydroxyl groups is 6. The Morgan fingerprint density at radius 2 is 1.25 bits per heavy atom. The number of aliphatic hydroxyl groups excluding tert-OH is 6. The number of rotatable bonds is 15. The zero-order valence-corrected chi connectivity index (χ0v) is 62.5. The van der Waals surface area contributed by atoms with E-state index in [0.717, 1.165) is 48.5 Å². The fraction of sp³-hybridized carbons (Fsp3) is 0.479. The van der Waals surface area contributed by atoms with Crippen LogP contribution in [0.25, 0.3) is 11.1 Å². The van der Waals surface area contributed by atoms with E-state index in [1.165, 1.54) is 44.2 Å². The third-order valence-corrected chi connectivity index (χ3v) is 20.9. The molecule has 3 fully saturated rings. The average molecular weight is 1590 g/mol. The molecule has 13 rings (SSSR count). The first-order valence-corrected chi connectivity index (χ1v) is 36.3. The lowest BCUT2D eigenvalue weighted by molar-refractivity contribution is -0.651. The first kappa shape index (κ1) is 82.6. The molecule has 38 heteroatoms. The Kier molecular flexibility index (Phi) is 24.7. The third kappa shape index (κ3) is 17.7. The summed E-state index contributed by atoms with van der Waals surface area (Å²) in [6.45, 7) is 8.93. The smallest absolute Gasteiger partial charge is 0.278 e. The van der Waals surface area contributed by atoms with Crippen LogP contribution >= 0.6 is 23.2 Å². The first-order chi connectivity index (χ1) is 52.3. The monoisotopic (exact) mass is 1590 g/mol. The molecule has 8 heterocycles. The largest absolute Gasteiger partial charge is 0.548 e. The van der Waals surface area contributed by atoms with Gasteiger partial charge in [0.25, 0.3) is 5.91 Å². The Bertz CT molecular complexity index is 4420. The van der Waals surface area contributed by atoms with Gasteiger partial charge in [-0.25, -0.2) is 0 Å². The molecule has 5 aromatic rings. The van der Waals surface area contributed by atoms with E-state index in [4.69, 9.17) is 66.8 Å². The van der Waals surface area contributed by atoms with E-state index in [1.54, 1.807) is 26.2 Å². The summed E-state index contributed by atoms with van der Waals surface area (Å²) in [5.74, 6) is -16.2. The third-order valence-electron chi connectivity index (χ3n) is 20.3. The van der Waals surface area contributed by atoms with Crippen molar-refractivity contribution in [2.75, 3.05) is 13.7 Å². The topological polar surface area (TPSA) is 586 Å². The highest BCUT2D eigenvalue weighted by atomic mass is 35.5. The van der Waals surface area contributed by atoms with E-state index in [0.29, 0.717) is 0 Å². The Labute approximate surface area is 643 Å².